The summed E-state index contributed by atoms with van der Waals surface area (Å²) in [5.41, 5.74) is 12.2. The second-order valence-corrected chi connectivity index (χ2v) is 16.0. The molecular weight excluding hydrogens is 637 g/mol. The summed E-state index contributed by atoms with van der Waals surface area (Å²) < 4.78 is 11.0. The largest absolute Gasteiger partial charge is 0.457 e. The van der Waals surface area contributed by atoms with E-state index in [2.05, 4.69) is 158 Å². The number of nitrogens with zero attached hydrogens (tertiary/aromatic N) is 4. The summed E-state index contributed by atoms with van der Waals surface area (Å²) in [5, 5.41) is 7.32. The third kappa shape index (κ3) is 7.14. The van der Waals surface area contributed by atoms with Crippen LogP contribution < -0.4 is 4.74 Å². The number of ether oxygens (including phenoxy) is 1. The van der Waals surface area contributed by atoms with Gasteiger partial charge in [-0.15, -0.1) is 0 Å². The molecule has 0 amide bonds. The van der Waals surface area contributed by atoms with Crippen molar-refractivity contribution in [1.82, 2.24) is 19.3 Å². The third-order valence-corrected chi connectivity index (χ3v) is 9.88. The number of fused-ring (bicyclic) bond motifs is 3. The Kier molecular flexibility index (Phi) is 9.80. The second kappa shape index (κ2) is 14.5. The van der Waals surface area contributed by atoms with E-state index in [-0.39, 0.29) is 0 Å². The Morgan fingerprint density at radius 3 is 2.06 bits per heavy atom. The maximum atomic E-state index is 6.77. The van der Waals surface area contributed by atoms with E-state index < -0.39 is 0 Å². The van der Waals surface area contributed by atoms with Gasteiger partial charge in [-0.25, -0.2) is 9.67 Å². The van der Waals surface area contributed by atoms with Crippen molar-refractivity contribution in [3.63, 3.8) is 0 Å². The van der Waals surface area contributed by atoms with Crippen molar-refractivity contribution in [3.05, 3.63) is 131 Å². The first-order valence-electron chi connectivity index (χ1n) is 18.9. The van der Waals surface area contributed by atoms with Crippen LogP contribution in [0.2, 0.25) is 0 Å². The Bertz CT molecular complexity index is 2340. The fourth-order valence-corrected chi connectivity index (χ4v) is 7.68. The number of rotatable bonds is 11. The predicted octanol–water partition coefficient (Wildman–Crippen LogP) is 12.8. The van der Waals surface area contributed by atoms with Crippen LogP contribution in [0.3, 0.4) is 0 Å². The van der Waals surface area contributed by atoms with Crippen LogP contribution in [0.4, 0.5) is 0 Å². The normalized spacial score (nSPS) is 12.0. The summed E-state index contributed by atoms with van der Waals surface area (Å²) in [6.07, 6.45) is 8.09. The van der Waals surface area contributed by atoms with Crippen molar-refractivity contribution in [1.29, 1.82) is 0 Å². The zero-order valence-corrected chi connectivity index (χ0v) is 32.2. The minimum Gasteiger partial charge on any atom is -0.457 e. The van der Waals surface area contributed by atoms with Gasteiger partial charge in [0.25, 0.3) is 0 Å². The summed E-state index contributed by atoms with van der Waals surface area (Å²) in [7, 11) is 0. The Balaban J connectivity index is 1.30. The molecule has 3 heterocycles. The monoisotopic (exact) mass is 688 g/mol. The van der Waals surface area contributed by atoms with Gasteiger partial charge in [-0.05, 0) is 114 Å². The first-order valence-corrected chi connectivity index (χ1v) is 18.9. The molecule has 52 heavy (non-hydrogen) atoms. The van der Waals surface area contributed by atoms with Crippen LogP contribution in [0.25, 0.3) is 44.4 Å². The predicted molar refractivity (Wildman–Crippen MR) is 218 cm³/mol. The first-order chi connectivity index (χ1) is 24.9. The molecule has 5 nitrogen and oxygen atoms in total. The van der Waals surface area contributed by atoms with Gasteiger partial charge in [0.2, 0.25) is 0 Å². The lowest BCUT2D eigenvalue weighted by Gasteiger charge is -2.20. The van der Waals surface area contributed by atoms with E-state index in [0.717, 1.165) is 52.4 Å². The maximum Gasteiger partial charge on any atom is 0.137 e. The lowest BCUT2D eigenvalue weighted by molar-refractivity contribution is 0.481. The van der Waals surface area contributed by atoms with Gasteiger partial charge in [0.05, 0.1) is 22.9 Å². The minimum absolute atomic E-state index is 0.404. The number of hydrogen-bond acceptors (Lipinski definition) is 3. The van der Waals surface area contributed by atoms with E-state index in [1.54, 1.807) is 0 Å². The van der Waals surface area contributed by atoms with Crippen LogP contribution in [0.15, 0.2) is 104 Å². The van der Waals surface area contributed by atoms with Crippen LogP contribution in [-0.4, -0.2) is 19.3 Å². The molecule has 0 saturated carbocycles. The fourth-order valence-electron chi connectivity index (χ4n) is 7.68. The average Bonchev–Trinajstić information content (AvgIpc) is 3.70. The Hall–Kier alpha value is -5.16. The fraction of sp³-hybridized carbons (Fsp3) is 0.319. The molecule has 0 saturated heterocycles. The summed E-state index contributed by atoms with van der Waals surface area (Å²) in [5.74, 6) is 4.37. The molecule has 0 aliphatic carbocycles. The van der Waals surface area contributed by atoms with Gasteiger partial charge < -0.3 is 4.74 Å². The van der Waals surface area contributed by atoms with Crippen LogP contribution in [0, 0.1) is 18.8 Å². The van der Waals surface area contributed by atoms with Crippen molar-refractivity contribution in [3.8, 4) is 34.1 Å². The highest BCUT2D eigenvalue weighted by Gasteiger charge is 2.19. The van der Waals surface area contributed by atoms with E-state index in [0.29, 0.717) is 23.7 Å². The third-order valence-electron chi connectivity index (χ3n) is 9.88. The highest BCUT2D eigenvalue weighted by Crippen LogP contribution is 2.39. The molecule has 4 aromatic carbocycles. The Morgan fingerprint density at radius 2 is 1.35 bits per heavy atom. The van der Waals surface area contributed by atoms with Gasteiger partial charge in [0.15, 0.2) is 0 Å². The number of hydrogen-bond donors (Lipinski definition) is 0. The average molecular weight is 689 g/mol. The molecule has 0 unspecified atom stereocenters. The van der Waals surface area contributed by atoms with E-state index in [1.165, 1.54) is 44.2 Å². The topological polar surface area (TPSA) is 44.9 Å². The molecule has 0 aliphatic rings. The number of pyridine rings is 1. The summed E-state index contributed by atoms with van der Waals surface area (Å²) in [6, 6.07) is 30.6. The van der Waals surface area contributed by atoms with Crippen LogP contribution in [-0.2, 0) is 12.8 Å². The summed E-state index contributed by atoms with van der Waals surface area (Å²) in [6.45, 7) is 20.4. The maximum absolute atomic E-state index is 6.77. The Labute approximate surface area is 309 Å². The molecule has 0 atom stereocenters. The van der Waals surface area contributed by atoms with Crippen molar-refractivity contribution in [2.45, 2.75) is 87.0 Å². The smallest absolute Gasteiger partial charge is 0.137 e. The lowest BCUT2D eigenvalue weighted by Crippen LogP contribution is -2.02. The molecule has 7 rings (SSSR count). The van der Waals surface area contributed by atoms with Gasteiger partial charge in [0.1, 0.15) is 17.3 Å². The van der Waals surface area contributed by atoms with E-state index in [1.807, 2.05) is 17.1 Å². The summed E-state index contributed by atoms with van der Waals surface area (Å²) >= 11 is 0. The molecular formula is C47H52N4O. The molecule has 0 aliphatic heterocycles. The van der Waals surface area contributed by atoms with Gasteiger partial charge in [-0.2, -0.15) is 5.10 Å². The molecule has 3 aromatic heterocycles. The van der Waals surface area contributed by atoms with Crippen LogP contribution in [0.5, 0.6) is 11.5 Å². The van der Waals surface area contributed by atoms with Crippen molar-refractivity contribution in [2.24, 2.45) is 11.8 Å². The zero-order valence-electron chi connectivity index (χ0n) is 32.2. The number of aromatic nitrogens is 4. The van der Waals surface area contributed by atoms with Crippen molar-refractivity contribution in [2.75, 3.05) is 0 Å². The minimum atomic E-state index is 0.404. The van der Waals surface area contributed by atoms with Gasteiger partial charge in [-0.3, -0.25) is 4.57 Å². The van der Waals surface area contributed by atoms with Crippen molar-refractivity contribution < 1.29 is 4.74 Å². The number of aryl methyl sites for hydroxylation is 1. The number of benzene rings is 4. The SMILES string of the molecule is Cc1cc(C(C)C)c(-c2cnn(-c3cc(CC(C)C)cc(Oc4ccc5c6ccccc6n(-c6cc(CC(C)C)ccn6)c5c4)c3)c2)c(C(C)C)c1. The van der Waals surface area contributed by atoms with Crippen LogP contribution >= 0.6 is 0 Å². The molecule has 0 bridgehead atoms. The van der Waals surface area contributed by atoms with Gasteiger partial charge in [0, 0.05) is 40.9 Å². The van der Waals surface area contributed by atoms with E-state index in [9.17, 15) is 0 Å². The first kappa shape index (κ1) is 35.3. The molecule has 0 spiro atoms. The van der Waals surface area contributed by atoms with Crippen molar-refractivity contribution >= 4 is 21.8 Å². The molecule has 0 N–H and O–H groups in total. The lowest BCUT2D eigenvalue weighted by atomic mass is 9.84. The molecule has 7 aromatic rings. The summed E-state index contributed by atoms with van der Waals surface area (Å²) in [4.78, 5) is 4.86. The number of para-hydroxylation sites is 1. The molecule has 5 heteroatoms. The second-order valence-electron chi connectivity index (χ2n) is 16.0. The standard InChI is InChI=1S/C47H52N4O/c1-29(2)18-34-16-17-48-46(24-34)51-44-13-11-10-12-40(44)41-15-14-38(26-45(41)51)52-39-23-35(19-30(3)4)22-37(25-39)50-28-36(27-49-50)47-42(31(5)6)20-33(9)21-43(47)32(7)8/h10-17,20-32H,18-19H2,1-9H3. The highest BCUT2D eigenvalue weighted by molar-refractivity contribution is 6.09. The highest BCUT2D eigenvalue weighted by atomic mass is 16.5. The van der Waals surface area contributed by atoms with Gasteiger partial charge >= 0.3 is 0 Å². The molecule has 0 radical (unpaired) electrons. The van der Waals surface area contributed by atoms with Gasteiger partial charge in [-0.1, -0.05) is 91.3 Å². The Morgan fingerprint density at radius 1 is 0.654 bits per heavy atom. The van der Waals surface area contributed by atoms with Crippen LogP contribution in [0.1, 0.15) is 95.0 Å². The molecule has 266 valence electrons. The molecule has 0 fully saturated rings. The van der Waals surface area contributed by atoms with E-state index >= 15 is 0 Å². The zero-order chi connectivity index (χ0) is 36.7. The van der Waals surface area contributed by atoms with E-state index in [4.69, 9.17) is 14.8 Å². The quantitative estimate of drug-likeness (QED) is 0.136.